The van der Waals surface area contributed by atoms with Gasteiger partial charge in [0.2, 0.25) is 10.0 Å². The van der Waals surface area contributed by atoms with Gasteiger partial charge in [0.05, 0.1) is 12.0 Å². The number of aryl methyl sites for hydroxylation is 1. The summed E-state index contributed by atoms with van der Waals surface area (Å²) >= 11 is 1.11. The molecule has 0 aliphatic rings. The summed E-state index contributed by atoms with van der Waals surface area (Å²) in [4.78, 5) is 0.0520. The van der Waals surface area contributed by atoms with E-state index < -0.39 is 25.1 Å². The Hall–Kier alpha value is -2.20. The third-order valence-electron chi connectivity index (χ3n) is 4.46. The summed E-state index contributed by atoms with van der Waals surface area (Å²) < 4.78 is 59.7. The Balaban J connectivity index is 1.92. The Bertz CT molecular complexity index is 1170. The molecule has 0 aliphatic carbocycles. The lowest BCUT2D eigenvalue weighted by Crippen LogP contribution is -2.31. The predicted octanol–water partition coefficient (Wildman–Crippen LogP) is 3.56. The van der Waals surface area contributed by atoms with Crippen molar-refractivity contribution in [1.82, 2.24) is 4.72 Å². The number of rotatable bonds is 8. The minimum atomic E-state index is -3.91. The van der Waals surface area contributed by atoms with Crippen LogP contribution in [0.15, 0.2) is 75.1 Å². The summed E-state index contributed by atoms with van der Waals surface area (Å²) in [5.41, 5.74) is 1.19. The van der Waals surface area contributed by atoms with Gasteiger partial charge in [-0.15, -0.1) is 11.3 Å². The van der Waals surface area contributed by atoms with Crippen LogP contribution in [0.2, 0.25) is 0 Å². The van der Waals surface area contributed by atoms with Gasteiger partial charge in [0.1, 0.15) is 15.2 Å². The highest BCUT2D eigenvalue weighted by atomic mass is 32.2. The molecule has 0 saturated carbocycles. The van der Waals surface area contributed by atoms with E-state index >= 15 is 0 Å². The first-order valence-electron chi connectivity index (χ1n) is 8.72. The molecule has 0 fully saturated rings. The predicted molar refractivity (Wildman–Crippen MR) is 114 cm³/mol. The fourth-order valence-electron chi connectivity index (χ4n) is 2.93. The van der Waals surface area contributed by atoms with Gasteiger partial charge in [0.25, 0.3) is 0 Å². The Morgan fingerprint density at radius 1 is 1.00 bits per heavy atom. The molecule has 0 radical (unpaired) electrons. The molecule has 3 rings (SSSR count). The molecule has 6 nitrogen and oxygen atoms in total. The molecule has 3 aromatic rings. The smallest absolute Gasteiger partial charge is 0.240 e. The zero-order valence-electron chi connectivity index (χ0n) is 15.9. The molecular weight excluding hydrogens is 430 g/mol. The molecule has 0 amide bonds. The quantitative estimate of drug-likeness (QED) is 0.566. The van der Waals surface area contributed by atoms with E-state index in [0.29, 0.717) is 16.9 Å². The summed E-state index contributed by atoms with van der Waals surface area (Å²) in [5, 5.41) is 0.635. The molecule has 1 heterocycles. The van der Waals surface area contributed by atoms with Gasteiger partial charge in [0, 0.05) is 6.54 Å². The van der Waals surface area contributed by atoms with Gasteiger partial charge in [-0.05, 0) is 47.7 Å². The zero-order valence-corrected chi connectivity index (χ0v) is 18.4. The van der Waals surface area contributed by atoms with Crippen LogP contribution < -0.4 is 9.46 Å². The van der Waals surface area contributed by atoms with Crippen LogP contribution in [0.25, 0.3) is 0 Å². The molecule has 0 bridgehead atoms. The van der Waals surface area contributed by atoms with Crippen LogP contribution >= 0.6 is 11.3 Å². The third kappa shape index (κ3) is 4.69. The summed E-state index contributed by atoms with van der Waals surface area (Å²) in [6.45, 7) is 1.46. The van der Waals surface area contributed by atoms with Crippen molar-refractivity contribution < 1.29 is 21.6 Å². The fraction of sp³-hybridized carbons (Fsp3) is 0.200. The number of sulfonamides is 1. The zero-order chi connectivity index (χ0) is 21.1. The second kappa shape index (κ2) is 8.66. The summed E-state index contributed by atoms with van der Waals surface area (Å²) in [7, 11) is -6.16. The summed E-state index contributed by atoms with van der Waals surface area (Å²) in [5.74, 6) is 0.575. The van der Waals surface area contributed by atoms with Crippen molar-refractivity contribution >= 4 is 31.2 Å². The lowest BCUT2D eigenvalue weighted by atomic mass is 10.1. The number of hydrogen-bond donors (Lipinski definition) is 1. The first kappa shape index (κ1) is 21.5. The van der Waals surface area contributed by atoms with Crippen LogP contribution in [-0.2, 0) is 19.9 Å². The average Bonchev–Trinajstić information content (AvgIpc) is 3.24. The highest BCUT2D eigenvalue weighted by molar-refractivity contribution is 7.93. The highest BCUT2D eigenvalue weighted by Gasteiger charge is 2.31. The maximum Gasteiger partial charge on any atom is 0.240 e. The van der Waals surface area contributed by atoms with Crippen LogP contribution in [0.4, 0.5) is 0 Å². The van der Waals surface area contributed by atoms with E-state index in [4.69, 9.17) is 4.74 Å². The first-order chi connectivity index (χ1) is 13.8. The molecule has 1 N–H and O–H groups in total. The van der Waals surface area contributed by atoms with Crippen molar-refractivity contribution in [2.75, 3.05) is 13.7 Å². The second-order valence-corrected chi connectivity index (χ2v) is 11.4. The molecule has 1 unspecified atom stereocenters. The molecule has 9 heteroatoms. The molecule has 0 aliphatic heterocycles. The number of thiophene rings is 1. The van der Waals surface area contributed by atoms with Crippen molar-refractivity contribution in [1.29, 1.82) is 0 Å². The minimum absolute atomic E-state index is 0.0520. The number of nitrogens with one attached hydrogen (secondary N) is 1. The van der Waals surface area contributed by atoms with E-state index in [1.807, 2.05) is 0 Å². The van der Waals surface area contributed by atoms with Crippen LogP contribution in [0.1, 0.15) is 16.4 Å². The molecule has 0 saturated heterocycles. The van der Waals surface area contributed by atoms with Crippen molar-refractivity contribution in [2.45, 2.75) is 21.3 Å². The van der Waals surface area contributed by atoms with E-state index in [9.17, 15) is 16.8 Å². The van der Waals surface area contributed by atoms with Gasteiger partial charge in [-0.25, -0.2) is 21.6 Å². The topological polar surface area (TPSA) is 89.5 Å². The monoisotopic (exact) mass is 451 g/mol. The van der Waals surface area contributed by atoms with Crippen molar-refractivity contribution in [3.05, 3.63) is 77.2 Å². The largest absolute Gasteiger partial charge is 0.496 e. The minimum Gasteiger partial charge on any atom is -0.496 e. The summed E-state index contributed by atoms with van der Waals surface area (Å²) in [6.07, 6.45) is 0. The molecule has 1 atom stereocenters. The van der Waals surface area contributed by atoms with Gasteiger partial charge < -0.3 is 4.74 Å². The lowest BCUT2D eigenvalue weighted by Gasteiger charge is -2.18. The van der Waals surface area contributed by atoms with Crippen molar-refractivity contribution in [3.8, 4) is 5.75 Å². The fourth-order valence-corrected chi connectivity index (χ4v) is 7.03. The van der Waals surface area contributed by atoms with Crippen LogP contribution in [0.3, 0.4) is 0 Å². The number of hydrogen-bond acceptors (Lipinski definition) is 6. The molecule has 1 aromatic heterocycles. The number of ether oxygens (including phenoxy) is 1. The maximum absolute atomic E-state index is 13.1. The molecule has 154 valence electrons. The SMILES string of the molecule is COc1ccc(S(=O)(=O)NCC(c2ccccc2)S(=O)(=O)c2cccs2)cc1C. The molecule has 29 heavy (non-hydrogen) atoms. The van der Waals surface area contributed by atoms with E-state index in [1.165, 1.54) is 25.3 Å². The Labute approximate surface area is 175 Å². The van der Waals surface area contributed by atoms with Crippen LogP contribution in [-0.4, -0.2) is 30.5 Å². The maximum atomic E-state index is 13.1. The number of benzene rings is 2. The van der Waals surface area contributed by atoms with E-state index in [2.05, 4.69) is 4.72 Å². The van der Waals surface area contributed by atoms with Gasteiger partial charge in [-0.1, -0.05) is 36.4 Å². The van der Waals surface area contributed by atoms with E-state index in [1.54, 1.807) is 54.8 Å². The Kier molecular flexibility index (Phi) is 6.42. The number of sulfone groups is 1. The molecule has 2 aromatic carbocycles. The van der Waals surface area contributed by atoms with Gasteiger partial charge >= 0.3 is 0 Å². The summed E-state index contributed by atoms with van der Waals surface area (Å²) in [6, 6.07) is 16.3. The number of methoxy groups -OCH3 is 1. The van der Waals surface area contributed by atoms with Crippen LogP contribution in [0.5, 0.6) is 5.75 Å². The lowest BCUT2D eigenvalue weighted by molar-refractivity contribution is 0.411. The standard InChI is InChI=1S/C20H21NO5S3/c1-15-13-17(10-11-18(15)26-2)29(24,25)21-14-19(16-7-4-3-5-8-16)28(22,23)20-9-6-12-27-20/h3-13,19,21H,14H2,1-2H3. The molecule has 0 spiro atoms. The Morgan fingerprint density at radius 2 is 1.72 bits per heavy atom. The third-order valence-corrected chi connectivity index (χ3v) is 9.41. The van der Waals surface area contributed by atoms with Gasteiger partial charge in [-0.2, -0.15) is 0 Å². The second-order valence-electron chi connectivity index (χ2n) is 6.36. The van der Waals surface area contributed by atoms with Crippen LogP contribution in [0, 0.1) is 6.92 Å². The van der Waals surface area contributed by atoms with Gasteiger partial charge in [0.15, 0.2) is 9.84 Å². The molecular formula is C20H21NO5S3. The van der Waals surface area contributed by atoms with E-state index in [-0.39, 0.29) is 15.6 Å². The van der Waals surface area contributed by atoms with Gasteiger partial charge in [-0.3, -0.25) is 0 Å². The first-order valence-corrected chi connectivity index (χ1v) is 12.6. The Morgan fingerprint density at radius 3 is 2.31 bits per heavy atom. The van der Waals surface area contributed by atoms with E-state index in [0.717, 1.165) is 11.3 Å². The normalized spacial score (nSPS) is 13.2. The highest BCUT2D eigenvalue weighted by Crippen LogP contribution is 2.31. The van der Waals surface area contributed by atoms with Crippen molar-refractivity contribution in [2.24, 2.45) is 0 Å². The average molecular weight is 452 g/mol. The van der Waals surface area contributed by atoms with Crippen molar-refractivity contribution in [3.63, 3.8) is 0 Å².